The molecule has 16 heavy (non-hydrogen) atoms. The van der Waals surface area contributed by atoms with Crippen molar-refractivity contribution in [3.8, 4) is 0 Å². The van der Waals surface area contributed by atoms with E-state index in [1.807, 2.05) is 19.1 Å². The first kappa shape index (κ1) is 12.1. The summed E-state index contributed by atoms with van der Waals surface area (Å²) < 4.78 is 0. The Hall–Kier alpha value is -1.98. The fourth-order valence-electron chi connectivity index (χ4n) is 1.26. The molecule has 88 valence electrons. The molecule has 1 aromatic heterocycles. The predicted octanol–water partition coefficient (Wildman–Crippen LogP) is 0.134. The molecule has 1 rings (SSSR count). The van der Waals surface area contributed by atoms with Crippen molar-refractivity contribution in [2.24, 2.45) is 0 Å². The van der Waals surface area contributed by atoms with E-state index in [0.29, 0.717) is 6.54 Å². The zero-order valence-corrected chi connectivity index (χ0v) is 9.57. The second-order valence-corrected chi connectivity index (χ2v) is 3.47. The van der Waals surface area contributed by atoms with Crippen LogP contribution in [0.4, 0.5) is 0 Å². The molecular formula is C10H18N6. The van der Waals surface area contributed by atoms with E-state index in [1.54, 1.807) is 7.05 Å². The van der Waals surface area contributed by atoms with Crippen LogP contribution in [0.3, 0.4) is 0 Å². The summed E-state index contributed by atoms with van der Waals surface area (Å²) in [6.45, 7) is 2.66. The summed E-state index contributed by atoms with van der Waals surface area (Å²) in [6, 6.07) is 4.05. The zero-order valence-electron chi connectivity index (χ0n) is 9.57. The molecule has 0 aliphatic rings. The van der Waals surface area contributed by atoms with Crippen molar-refractivity contribution < 1.29 is 0 Å². The molecule has 6 N–H and O–H groups in total. The summed E-state index contributed by atoms with van der Waals surface area (Å²) >= 11 is 0. The monoisotopic (exact) mass is 222 g/mol. The van der Waals surface area contributed by atoms with Gasteiger partial charge in [-0.3, -0.25) is 16.1 Å². The summed E-state index contributed by atoms with van der Waals surface area (Å²) in [6.07, 6.45) is 0.824. The molecular weight excluding hydrogens is 204 g/mol. The largest absolute Gasteiger partial charge is 0.362 e. The summed E-state index contributed by atoms with van der Waals surface area (Å²) in [7, 11) is 1.63. The van der Waals surface area contributed by atoms with Crippen molar-refractivity contribution in [3.05, 3.63) is 23.5 Å². The molecule has 0 bridgehead atoms. The van der Waals surface area contributed by atoms with Gasteiger partial charge in [0.2, 0.25) is 0 Å². The smallest absolute Gasteiger partial charge is 0.195 e. The average Bonchev–Trinajstić information content (AvgIpc) is 2.64. The van der Waals surface area contributed by atoms with Crippen LogP contribution < -0.4 is 16.0 Å². The number of H-pyrrole nitrogens is 1. The third-order valence-corrected chi connectivity index (χ3v) is 2.09. The van der Waals surface area contributed by atoms with Crippen LogP contribution in [0.15, 0.2) is 12.1 Å². The topological polar surface area (TPSA) is 99.6 Å². The Morgan fingerprint density at radius 2 is 2.06 bits per heavy atom. The maximum Gasteiger partial charge on any atom is 0.195 e. The molecule has 0 unspecified atom stereocenters. The maximum absolute atomic E-state index is 7.48. The maximum atomic E-state index is 7.48. The molecule has 0 spiro atoms. The van der Waals surface area contributed by atoms with Gasteiger partial charge in [0.15, 0.2) is 11.9 Å². The molecule has 0 atom stereocenters. The first-order chi connectivity index (χ1) is 7.61. The third kappa shape index (κ3) is 4.04. The van der Waals surface area contributed by atoms with Crippen LogP contribution in [-0.4, -0.2) is 30.5 Å². The van der Waals surface area contributed by atoms with Crippen molar-refractivity contribution in [1.29, 1.82) is 10.8 Å². The Morgan fingerprint density at radius 3 is 2.62 bits per heavy atom. The van der Waals surface area contributed by atoms with Gasteiger partial charge in [-0.25, -0.2) is 0 Å². The molecule has 0 fully saturated rings. The van der Waals surface area contributed by atoms with E-state index in [1.165, 1.54) is 0 Å². The van der Waals surface area contributed by atoms with E-state index in [4.69, 9.17) is 10.8 Å². The molecule has 6 nitrogen and oxygen atoms in total. The van der Waals surface area contributed by atoms with Gasteiger partial charge in [0.05, 0.1) is 0 Å². The number of rotatable bonds is 3. The van der Waals surface area contributed by atoms with Gasteiger partial charge < -0.3 is 15.6 Å². The summed E-state index contributed by atoms with van der Waals surface area (Å²) in [4.78, 5) is 3.22. The predicted molar refractivity (Wildman–Crippen MR) is 64.9 cm³/mol. The number of aromatic amines is 1. The van der Waals surface area contributed by atoms with Crippen LogP contribution in [0, 0.1) is 17.7 Å². The van der Waals surface area contributed by atoms with Crippen LogP contribution in [0.1, 0.15) is 11.4 Å². The van der Waals surface area contributed by atoms with Crippen molar-refractivity contribution in [1.82, 2.24) is 20.9 Å². The fraction of sp³-hybridized carbons (Fsp3) is 0.400. The normalized spacial score (nSPS) is 9.62. The molecule has 0 aliphatic heterocycles. The van der Waals surface area contributed by atoms with Crippen molar-refractivity contribution in [2.45, 2.75) is 13.3 Å². The standard InChI is InChI=1S/C10H18N6/c1-7-3-4-8(15-7)5-6-14-10(12)16-9(11)13-2/h3-4,15H,5-6H2,1-2H3,(H5,11,12,13,14,16). The van der Waals surface area contributed by atoms with Crippen LogP contribution >= 0.6 is 0 Å². The minimum absolute atomic E-state index is 0.105. The Balaban J connectivity index is 2.20. The second-order valence-electron chi connectivity index (χ2n) is 3.47. The molecule has 1 aromatic rings. The summed E-state index contributed by atoms with van der Waals surface area (Å²) in [5.41, 5.74) is 2.28. The molecule has 0 radical (unpaired) electrons. The Labute approximate surface area is 94.9 Å². The molecule has 0 saturated carbocycles. The third-order valence-electron chi connectivity index (χ3n) is 2.09. The Kier molecular flexibility index (Phi) is 4.38. The number of aryl methyl sites for hydroxylation is 1. The highest BCUT2D eigenvalue weighted by Crippen LogP contribution is 1.99. The highest BCUT2D eigenvalue weighted by Gasteiger charge is 1.99. The van der Waals surface area contributed by atoms with Gasteiger partial charge in [-0.05, 0) is 19.1 Å². The lowest BCUT2D eigenvalue weighted by atomic mass is 10.3. The first-order valence-corrected chi connectivity index (χ1v) is 5.12. The van der Waals surface area contributed by atoms with Crippen LogP contribution in [0.25, 0.3) is 0 Å². The van der Waals surface area contributed by atoms with Gasteiger partial charge in [0, 0.05) is 31.4 Å². The minimum atomic E-state index is 0.105. The van der Waals surface area contributed by atoms with Crippen molar-refractivity contribution >= 4 is 11.9 Å². The lowest BCUT2D eigenvalue weighted by Crippen LogP contribution is -2.45. The highest BCUT2D eigenvalue weighted by atomic mass is 15.2. The summed E-state index contributed by atoms with van der Waals surface area (Å²) in [5.74, 6) is 0.232. The molecule has 1 heterocycles. The van der Waals surface area contributed by atoms with Gasteiger partial charge in [-0.2, -0.15) is 0 Å². The van der Waals surface area contributed by atoms with E-state index in [9.17, 15) is 0 Å². The highest BCUT2D eigenvalue weighted by molar-refractivity contribution is 5.95. The Bertz CT molecular complexity index is 367. The van der Waals surface area contributed by atoms with E-state index in [2.05, 4.69) is 20.9 Å². The van der Waals surface area contributed by atoms with Gasteiger partial charge in [0.25, 0.3) is 0 Å². The van der Waals surface area contributed by atoms with Crippen LogP contribution in [0.2, 0.25) is 0 Å². The van der Waals surface area contributed by atoms with E-state index >= 15 is 0 Å². The van der Waals surface area contributed by atoms with Gasteiger partial charge in [0.1, 0.15) is 0 Å². The zero-order chi connectivity index (χ0) is 12.0. The molecule has 6 heteroatoms. The van der Waals surface area contributed by atoms with E-state index in [-0.39, 0.29) is 11.9 Å². The number of guanidine groups is 2. The SMILES string of the molecule is CNC(=N)NC(=N)NCCc1ccc(C)[nH]1. The summed E-state index contributed by atoms with van der Waals surface area (Å²) in [5, 5.41) is 22.8. The number of nitrogens with one attached hydrogen (secondary N) is 6. The molecule has 0 aliphatic carbocycles. The van der Waals surface area contributed by atoms with Gasteiger partial charge >= 0.3 is 0 Å². The lowest BCUT2D eigenvalue weighted by Gasteiger charge is -2.09. The van der Waals surface area contributed by atoms with Crippen molar-refractivity contribution in [2.75, 3.05) is 13.6 Å². The fourth-order valence-corrected chi connectivity index (χ4v) is 1.26. The quantitative estimate of drug-likeness (QED) is 0.324. The lowest BCUT2D eigenvalue weighted by molar-refractivity contribution is 0.821. The number of hydrogen-bond acceptors (Lipinski definition) is 2. The van der Waals surface area contributed by atoms with E-state index < -0.39 is 0 Å². The second kappa shape index (κ2) is 5.79. The number of hydrogen-bond donors (Lipinski definition) is 6. The Morgan fingerprint density at radius 1 is 1.31 bits per heavy atom. The van der Waals surface area contributed by atoms with Gasteiger partial charge in [-0.1, -0.05) is 0 Å². The van der Waals surface area contributed by atoms with E-state index in [0.717, 1.165) is 17.8 Å². The van der Waals surface area contributed by atoms with Crippen LogP contribution in [0.5, 0.6) is 0 Å². The minimum Gasteiger partial charge on any atom is -0.362 e. The van der Waals surface area contributed by atoms with Crippen LogP contribution in [-0.2, 0) is 6.42 Å². The molecule has 0 saturated heterocycles. The molecule has 0 amide bonds. The van der Waals surface area contributed by atoms with Gasteiger partial charge in [-0.15, -0.1) is 0 Å². The molecule has 0 aromatic carbocycles. The van der Waals surface area contributed by atoms with Crippen molar-refractivity contribution in [3.63, 3.8) is 0 Å². The average molecular weight is 222 g/mol. The number of aromatic nitrogens is 1. The first-order valence-electron chi connectivity index (χ1n) is 5.12.